The van der Waals surface area contributed by atoms with Crippen LogP contribution in [-0.4, -0.2) is 51.8 Å². The van der Waals surface area contributed by atoms with E-state index in [1.165, 1.54) is 6.07 Å². The van der Waals surface area contributed by atoms with Crippen LogP contribution in [0, 0.1) is 5.41 Å². The van der Waals surface area contributed by atoms with Crippen molar-refractivity contribution in [2.75, 3.05) is 37.7 Å². The molecule has 23 heavy (non-hydrogen) atoms. The van der Waals surface area contributed by atoms with Gasteiger partial charge < -0.3 is 4.74 Å². The molecule has 4 nitrogen and oxygen atoms in total. The Labute approximate surface area is 135 Å². The second-order valence-electron chi connectivity index (χ2n) is 6.30. The molecule has 0 atom stereocenters. The Balaban J connectivity index is 1.39. The van der Waals surface area contributed by atoms with Crippen LogP contribution >= 0.6 is 0 Å². The highest BCUT2D eigenvalue weighted by molar-refractivity contribution is 7.86. The second-order valence-corrected chi connectivity index (χ2v) is 7.75. The van der Waals surface area contributed by atoms with E-state index < -0.39 is 22.7 Å². The summed E-state index contributed by atoms with van der Waals surface area (Å²) >= 11 is 0. The van der Waals surface area contributed by atoms with E-state index in [0.29, 0.717) is 17.8 Å². The molecule has 1 spiro atoms. The average Bonchev–Trinajstić information content (AvgIpc) is 2.47. The minimum atomic E-state index is -4.42. The molecule has 0 aromatic carbocycles. The molecule has 2 aliphatic heterocycles. The maximum Gasteiger partial charge on any atom is 0.433 e. The van der Waals surface area contributed by atoms with Crippen LogP contribution < -0.4 is 4.74 Å². The van der Waals surface area contributed by atoms with Gasteiger partial charge in [-0.3, -0.25) is 9.11 Å². The smallest absolute Gasteiger partial charge is 0.433 e. The molecule has 0 radical (unpaired) electrons. The van der Waals surface area contributed by atoms with E-state index >= 15 is 0 Å². The van der Waals surface area contributed by atoms with Gasteiger partial charge in [0.15, 0.2) is 0 Å². The van der Waals surface area contributed by atoms with Crippen LogP contribution in [0.25, 0.3) is 0 Å². The van der Waals surface area contributed by atoms with Crippen molar-refractivity contribution in [1.29, 1.82) is 0 Å². The predicted molar refractivity (Wildman–Crippen MR) is 80.7 cm³/mol. The Morgan fingerprint density at radius 1 is 1.26 bits per heavy atom. The molecule has 0 unspecified atom stereocenters. The quantitative estimate of drug-likeness (QED) is 0.838. The number of likely N-dealkylation sites (tertiary alicyclic amines) is 1. The number of rotatable bonds is 4. The van der Waals surface area contributed by atoms with E-state index in [4.69, 9.17) is 4.74 Å². The standard InChI is InChI=1S/C15H19F3N2O2S/c16-15(17,18)13-2-1-12(9-19-13)22-8-7-20-5-3-14(4-6-20)10-23(21)11-14/h1-2,9H,3-8,10-11H2. The van der Waals surface area contributed by atoms with Gasteiger partial charge in [-0.2, -0.15) is 13.2 Å². The molecular formula is C15H19F3N2O2S. The summed E-state index contributed by atoms with van der Waals surface area (Å²) in [6, 6.07) is 2.22. The fourth-order valence-electron chi connectivity index (χ4n) is 3.11. The zero-order valence-corrected chi connectivity index (χ0v) is 13.5. The summed E-state index contributed by atoms with van der Waals surface area (Å²) in [5, 5.41) is 0. The molecule has 128 valence electrons. The molecule has 1 aromatic rings. The monoisotopic (exact) mass is 348 g/mol. The molecule has 0 bridgehead atoms. The third kappa shape index (κ3) is 4.03. The Morgan fingerprint density at radius 3 is 2.48 bits per heavy atom. The summed E-state index contributed by atoms with van der Waals surface area (Å²) in [6.07, 6.45) is -1.17. The highest BCUT2D eigenvalue weighted by atomic mass is 32.2. The Kier molecular flexibility index (Phi) is 4.64. The van der Waals surface area contributed by atoms with Crippen LogP contribution in [-0.2, 0) is 17.0 Å². The molecule has 0 saturated carbocycles. The number of alkyl halides is 3. The van der Waals surface area contributed by atoms with Crippen molar-refractivity contribution in [2.45, 2.75) is 19.0 Å². The lowest BCUT2D eigenvalue weighted by molar-refractivity contribution is -0.141. The first-order chi connectivity index (χ1) is 10.9. The van der Waals surface area contributed by atoms with Crippen LogP contribution in [0.15, 0.2) is 18.3 Å². The van der Waals surface area contributed by atoms with E-state index in [9.17, 15) is 17.4 Å². The molecule has 1 aromatic heterocycles. The molecule has 8 heteroatoms. The van der Waals surface area contributed by atoms with Crippen molar-refractivity contribution < 1.29 is 22.1 Å². The molecule has 0 N–H and O–H groups in total. The van der Waals surface area contributed by atoms with Crippen molar-refractivity contribution in [2.24, 2.45) is 5.41 Å². The van der Waals surface area contributed by atoms with Gasteiger partial charge in [-0.1, -0.05) is 0 Å². The first kappa shape index (κ1) is 16.7. The summed E-state index contributed by atoms with van der Waals surface area (Å²) < 4.78 is 54.0. The topological polar surface area (TPSA) is 42.4 Å². The number of piperidine rings is 1. The van der Waals surface area contributed by atoms with Crippen LogP contribution in [0.5, 0.6) is 5.75 Å². The van der Waals surface area contributed by atoms with Gasteiger partial charge in [0, 0.05) is 28.9 Å². The minimum Gasteiger partial charge on any atom is -0.491 e. The first-order valence-corrected chi connectivity index (χ1v) is 9.09. The number of hydrogen-bond acceptors (Lipinski definition) is 4. The molecule has 2 fully saturated rings. The van der Waals surface area contributed by atoms with Gasteiger partial charge in [-0.05, 0) is 43.5 Å². The number of nitrogens with zero attached hydrogens (tertiary/aromatic N) is 2. The molecule has 3 rings (SSSR count). The number of hydrogen-bond donors (Lipinski definition) is 0. The van der Waals surface area contributed by atoms with E-state index in [1.54, 1.807) is 0 Å². The van der Waals surface area contributed by atoms with Gasteiger partial charge in [0.2, 0.25) is 0 Å². The first-order valence-electron chi connectivity index (χ1n) is 7.60. The largest absolute Gasteiger partial charge is 0.491 e. The molecule has 0 aliphatic carbocycles. The molecular weight excluding hydrogens is 329 g/mol. The molecule has 2 saturated heterocycles. The van der Waals surface area contributed by atoms with E-state index in [1.807, 2.05) is 0 Å². The van der Waals surface area contributed by atoms with Crippen molar-refractivity contribution in [3.8, 4) is 5.75 Å². The molecule has 0 amide bonds. The van der Waals surface area contributed by atoms with E-state index in [2.05, 4.69) is 9.88 Å². The minimum absolute atomic E-state index is 0.305. The summed E-state index contributed by atoms with van der Waals surface area (Å²) in [5.74, 6) is 2.03. The van der Waals surface area contributed by atoms with Gasteiger partial charge in [-0.25, -0.2) is 4.98 Å². The zero-order valence-electron chi connectivity index (χ0n) is 12.6. The van der Waals surface area contributed by atoms with Gasteiger partial charge in [0.1, 0.15) is 18.1 Å². The summed E-state index contributed by atoms with van der Waals surface area (Å²) in [5.41, 5.74) is -0.608. The molecule has 3 heterocycles. The van der Waals surface area contributed by atoms with Gasteiger partial charge in [-0.15, -0.1) is 0 Å². The fourth-order valence-corrected chi connectivity index (χ4v) is 4.97. The predicted octanol–water partition coefficient (Wildman–Crippen LogP) is 2.32. The van der Waals surface area contributed by atoms with Crippen molar-refractivity contribution in [3.63, 3.8) is 0 Å². The number of aromatic nitrogens is 1. The summed E-state index contributed by atoms with van der Waals surface area (Å²) in [4.78, 5) is 5.65. The van der Waals surface area contributed by atoms with Gasteiger partial charge in [0.05, 0.1) is 6.20 Å². The maximum atomic E-state index is 12.4. The maximum absolute atomic E-state index is 12.4. The Bertz CT molecular complexity index is 559. The van der Waals surface area contributed by atoms with Crippen LogP contribution in [0.3, 0.4) is 0 Å². The third-order valence-electron chi connectivity index (χ3n) is 4.55. The van der Waals surface area contributed by atoms with E-state index in [0.717, 1.165) is 56.2 Å². The van der Waals surface area contributed by atoms with Gasteiger partial charge >= 0.3 is 6.18 Å². The van der Waals surface area contributed by atoms with Crippen LogP contribution in [0.4, 0.5) is 13.2 Å². The number of ether oxygens (including phenoxy) is 1. The lowest BCUT2D eigenvalue weighted by Gasteiger charge is -2.46. The van der Waals surface area contributed by atoms with Crippen LogP contribution in [0.1, 0.15) is 18.5 Å². The Hall–Kier alpha value is -1.15. The van der Waals surface area contributed by atoms with Crippen molar-refractivity contribution in [1.82, 2.24) is 9.88 Å². The lowest BCUT2D eigenvalue weighted by atomic mass is 9.81. The zero-order chi connectivity index (χ0) is 16.5. The summed E-state index contributed by atoms with van der Waals surface area (Å²) in [7, 11) is -0.609. The number of pyridine rings is 1. The highest BCUT2D eigenvalue weighted by Crippen LogP contribution is 2.40. The van der Waals surface area contributed by atoms with E-state index in [-0.39, 0.29) is 0 Å². The lowest BCUT2D eigenvalue weighted by Crippen LogP contribution is -2.52. The highest BCUT2D eigenvalue weighted by Gasteiger charge is 2.44. The SMILES string of the molecule is O=S1CC2(CCN(CCOc3ccc(C(F)(F)F)nc3)CC2)C1. The normalized spacial score (nSPS) is 22.0. The summed E-state index contributed by atoms with van der Waals surface area (Å²) in [6.45, 7) is 3.09. The second kappa shape index (κ2) is 6.39. The fraction of sp³-hybridized carbons (Fsp3) is 0.667. The third-order valence-corrected chi connectivity index (χ3v) is 6.42. The van der Waals surface area contributed by atoms with Crippen LogP contribution in [0.2, 0.25) is 0 Å². The van der Waals surface area contributed by atoms with Crippen molar-refractivity contribution in [3.05, 3.63) is 24.0 Å². The van der Waals surface area contributed by atoms with Gasteiger partial charge in [0.25, 0.3) is 0 Å². The molecule has 2 aliphatic rings. The van der Waals surface area contributed by atoms with Crippen molar-refractivity contribution >= 4 is 10.8 Å². The average molecular weight is 348 g/mol. The number of halogens is 3. The Morgan fingerprint density at radius 2 is 1.96 bits per heavy atom.